The van der Waals surface area contributed by atoms with Crippen molar-refractivity contribution in [2.75, 3.05) is 26.9 Å². The molecular formula is C10H17N3O. The van der Waals surface area contributed by atoms with Crippen molar-refractivity contribution in [3.05, 3.63) is 11.9 Å². The van der Waals surface area contributed by atoms with Crippen molar-refractivity contribution in [1.29, 1.82) is 0 Å². The van der Waals surface area contributed by atoms with Crippen LogP contribution in [0.4, 0.5) is 0 Å². The van der Waals surface area contributed by atoms with Crippen LogP contribution in [-0.2, 0) is 4.74 Å². The van der Waals surface area contributed by atoms with E-state index in [-0.39, 0.29) is 0 Å². The molecule has 0 bridgehead atoms. The highest BCUT2D eigenvalue weighted by Crippen LogP contribution is 2.05. The van der Waals surface area contributed by atoms with Crippen LogP contribution in [0.15, 0.2) is 21.9 Å². The zero-order valence-corrected chi connectivity index (χ0v) is 9.03. The maximum Gasteiger partial charge on any atom is 0.137 e. The molecule has 0 radical (unpaired) electrons. The van der Waals surface area contributed by atoms with Crippen LogP contribution in [0.5, 0.6) is 0 Å². The number of ether oxygens (including phenoxy) is 1. The van der Waals surface area contributed by atoms with Gasteiger partial charge in [0.05, 0.1) is 13.2 Å². The smallest absolute Gasteiger partial charge is 0.137 e. The normalized spacial score (nSPS) is 19.8. The molecule has 0 spiro atoms. The third-order valence-corrected chi connectivity index (χ3v) is 2.03. The maximum absolute atomic E-state index is 4.72. The summed E-state index contributed by atoms with van der Waals surface area (Å²) in [4.78, 5) is 10.1. The van der Waals surface area contributed by atoms with E-state index in [0.29, 0.717) is 13.3 Å². The summed E-state index contributed by atoms with van der Waals surface area (Å²) < 4.78 is 4.72. The van der Waals surface area contributed by atoms with Crippen LogP contribution in [0.2, 0.25) is 0 Å². The molecule has 0 N–H and O–H groups in total. The summed E-state index contributed by atoms with van der Waals surface area (Å²) >= 11 is 0. The highest BCUT2D eigenvalue weighted by atomic mass is 16.5. The topological polar surface area (TPSA) is 37.2 Å². The molecule has 0 amide bonds. The van der Waals surface area contributed by atoms with Crippen LogP contribution in [0.3, 0.4) is 0 Å². The van der Waals surface area contributed by atoms with Gasteiger partial charge in [0.1, 0.15) is 6.73 Å². The minimum absolute atomic E-state index is 0.569. The van der Waals surface area contributed by atoms with Gasteiger partial charge in [0.15, 0.2) is 0 Å². The van der Waals surface area contributed by atoms with Gasteiger partial charge >= 0.3 is 0 Å². The van der Waals surface area contributed by atoms with Crippen molar-refractivity contribution >= 4 is 11.9 Å². The number of allylic oxidation sites excluding steroid dienone is 1. The number of aliphatic imine (C=N–C) groups is 2. The molecule has 0 fully saturated rings. The van der Waals surface area contributed by atoms with Crippen LogP contribution < -0.4 is 0 Å². The molecule has 4 heteroatoms. The average molecular weight is 195 g/mol. The van der Waals surface area contributed by atoms with Crippen LogP contribution in [0, 0.1) is 0 Å². The first kappa shape index (κ1) is 10.9. The zero-order chi connectivity index (χ0) is 10.4. The summed E-state index contributed by atoms with van der Waals surface area (Å²) in [7, 11) is 2.07. The van der Waals surface area contributed by atoms with Gasteiger partial charge in [-0.15, -0.1) is 0 Å². The molecule has 0 aromatic carbocycles. The second-order valence-electron chi connectivity index (χ2n) is 3.36. The SMILES string of the molecule is C1=NCOC1.CC1=CN=C(C)CN1C. The minimum atomic E-state index is 0.569. The molecule has 4 nitrogen and oxygen atoms in total. The van der Waals surface area contributed by atoms with E-state index >= 15 is 0 Å². The van der Waals surface area contributed by atoms with Crippen molar-refractivity contribution in [1.82, 2.24) is 4.90 Å². The van der Waals surface area contributed by atoms with Crippen LogP contribution >= 0.6 is 0 Å². The Kier molecular flexibility index (Phi) is 4.32. The molecule has 0 atom stereocenters. The van der Waals surface area contributed by atoms with E-state index in [1.165, 1.54) is 11.4 Å². The number of nitrogens with zero attached hydrogens (tertiary/aromatic N) is 3. The maximum atomic E-state index is 4.72. The Balaban J connectivity index is 0.000000165. The number of hydrogen-bond donors (Lipinski definition) is 0. The van der Waals surface area contributed by atoms with Gasteiger partial charge in [0.25, 0.3) is 0 Å². The van der Waals surface area contributed by atoms with E-state index in [2.05, 4.69) is 28.9 Å². The van der Waals surface area contributed by atoms with Crippen molar-refractivity contribution in [2.45, 2.75) is 13.8 Å². The highest BCUT2D eigenvalue weighted by Gasteiger charge is 2.03. The Labute approximate surface area is 85.0 Å². The molecule has 0 aromatic rings. The molecule has 0 aliphatic carbocycles. The van der Waals surface area contributed by atoms with Gasteiger partial charge in [-0.05, 0) is 13.8 Å². The van der Waals surface area contributed by atoms with Gasteiger partial charge in [-0.2, -0.15) is 0 Å². The molecule has 2 rings (SSSR count). The lowest BCUT2D eigenvalue weighted by atomic mass is 10.3. The lowest BCUT2D eigenvalue weighted by Crippen LogP contribution is -2.25. The molecule has 2 aliphatic heterocycles. The van der Waals surface area contributed by atoms with E-state index in [1.807, 2.05) is 13.1 Å². The molecule has 0 aromatic heterocycles. The lowest BCUT2D eigenvalue weighted by Gasteiger charge is -2.21. The van der Waals surface area contributed by atoms with E-state index in [4.69, 9.17) is 4.74 Å². The van der Waals surface area contributed by atoms with Gasteiger partial charge in [-0.25, -0.2) is 0 Å². The lowest BCUT2D eigenvalue weighted by molar-refractivity contribution is 0.203. The third-order valence-electron chi connectivity index (χ3n) is 2.03. The Hall–Kier alpha value is -1.16. The van der Waals surface area contributed by atoms with E-state index < -0.39 is 0 Å². The fourth-order valence-corrected chi connectivity index (χ4v) is 1.07. The Morgan fingerprint density at radius 2 is 2.21 bits per heavy atom. The van der Waals surface area contributed by atoms with Gasteiger partial charge in [0, 0.05) is 30.9 Å². The molecule has 0 saturated heterocycles. The van der Waals surface area contributed by atoms with Crippen LogP contribution in [0.1, 0.15) is 13.8 Å². The van der Waals surface area contributed by atoms with Gasteiger partial charge < -0.3 is 9.64 Å². The second-order valence-corrected chi connectivity index (χ2v) is 3.36. The van der Waals surface area contributed by atoms with Crippen molar-refractivity contribution < 1.29 is 4.74 Å². The first-order valence-corrected chi connectivity index (χ1v) is 4.67. The first-order valence-electron chi connectivity index (χ1n) is 4.67. The number of hydrogen-bond acceptors (Lipinski definition) is 4. The zero-order valence-electron chi connectivity index (χ0n) is 9.03. The molecule has 0 saturated carbocycles. The fraction of sp³-hybridized carbons (Fsp3) is 0.600. The monoisotopic (exact) mass is 195 g/mol. The van der Waals surface area contributed by atoms with E-state index in [0.717, 1.165) is 6.54 Å². The average Bonchev–Trinajstić information content (AvgIpc) is 2.69. The summed E-state index contributed by atoms with van der Waals surface area (Å²) in [5.74, 6) is 0. The van der Waals surface area contributed by atoms with Crippen molar-refractivity contribution in [3.63, 3.8) is 0 Å². The quantitative estimate of drug-likeness (QED) is 0.584. The van der Waals surface area contributed by atoms with Gasteiger partial charge in [-0.1, -0.05) is 0 Å². The highest BCUT2D eigenvalue weighted by molar-refractivity contribution is 5.85. The third kappa shape index (κ3) is 3.70. The van der Waals surface area contributed by atoms with Gasteiger partial charge in [0.2, 0.25) is 0 Å². The standard InChI is InChI=1S/C7H12N2.C3H5NO/c1-6-5-9(3)7(2)4-8-6;1-2-5-3-4-1/h4H,5H2,1-3H3;1H,2-3H2. The fourth-order valence-electron chi connectivity index (χ4n) is 1.07. The summed E-state index contributed by atoms with van der Waals surface area (Å²) in [5, 5.41) is 0. The number of rotatable bonds is 0. The predicted molar refractivity (Wildman–Crippen MR) is 58.8 cm³/mol. The molecule has 0 unspecified atom stereocenters. The second kappa shape index (κ2) is 5.54. The molecule has 2 heterocycles. The summed E-state index contributed by atoms with van der Waals surface area (Å²) in [6.45, 7) is 6.36. The van der Waals surface area contributed by atoms with Crippen LogP contribution in [-0.4, -0.2) is 43.8 Å². The Morgan fingerprint density at radius 1 is 1.43 bits per heavy atom. The summed E-state index contributed by atoms with van der Waals surface area (Å²) in [6, 6.07) is 0. The molecule has 78 valence electrons. The van der Waals surface area contributed by atoms with E-state index in [1.54, 1.807) is 6.21 Å². The Morgan fingerprint density at radius 3 is 2.57 bits per heavy atom. The Bertz CT molecular complexity index is 263. The van der Waals surface area contributed by atoms with Crippen LogP contribution in [0.25, 0.3) is 0 Å². The molecule has 2 aliphatic rings. The van der Waals surface area contributed by atoms with Crippen molar-refractivity contribution in [2.24, 2.45) is 9.98 Å². The minimum Gasteiger partial charge on any atom is -0.371 e. The van der Waals surface area contributed by atoms with E-state index in [9.17, 15) is 0 Å². The van der Waals surface area contributed by atoms with Gasteiger partial charge in [-0.3, -0.25) is 9.98 Å². The predicted octanol–water partition coefficient (Wildman–Crippen LogP) is 1.30. The summed E-state index contributed by atoms with van der Waals surface area (Å²) in [5.41, 5.74) is 2.42. The first-order chi connectivity index (χ1) is 6.70. The largest absolute Gasteiger partial charge is 0.371 e. The molecular weight excluding hydrogens is 178 g/mol. The molecule has 14 heavy (non-hydrogen) atoms. The summed E-state index contributed by atoms with van der Waals surface area (Å²) in [6.07, 6.45) is 3.67. The van der Waals surface area contributed by atoms with Crippen molar-refractivity contribution in [3.8, 4) is 0 Å².